The molecular weight excluding hydrogens is 633 g/mol. The number of halogens is 1. The third-order valence-electron chi connectivity index (χ3n) is 6.37. The summed E-state index contributed by atoms with van der Waals surface area (Å²) in [4.78, 5) is 43.1. The predicted molar refractivity (Wildman–Crippen MR) is 158 cm³/mol. The van der Waals surface area contributed by atoms with Gasteiger partial charge >= 0.3 is 11.7 Å². The van der Waals surface area contributed by atoms with E-state index >= 15 is 0 Å². The van der Waals surface area contributed by atoms with Gasteiger partial charge in [-0.3, -0.25) is 19.5 Å². The highest BCUT2D eigenvalue weighted by Crippen LogP contribution is 2.34. The van der Waals surface area contributed by atoms with E-state index in [-0.39, 0.29) is 12.2 Å². The molecule has 2 aromatic carbocycles. The van der Waals surface area contributed by atoms with Gasteiger partial charge in [0.2, 0.25) is 5.75 Å². The molecule has 9 nitrogen and oxygen atoms in total. The molecule has 39 heavy (non-hydrogen) atoms. The molecule has 1 aliphatic heterocycles. The Hall–Kier alpha value is -3.32. The van der Waals surface area contributed by atoms with Gasteiger partial charge in [0.1, 0.15) is 0 Å². The third-order valence-corrected chi connectivity index (χ3v) is 8.18. The van der Waals surface area contributed by atoms with E-state index in [4.69, 9.17) is 9.73 Å². The largest absolute Gasteiger partial charge is 0.501 e. The van der Waals surface area contributed by atoms with Crippen molar-refractivity contribution in [1.29, 1.82) is 0 Å². The van der Waals surface area contributed by atoms with E-state index in [0.717, 1.165) is 28.9 Å². The highest BCUT2D eigenvalue weighted by Gasteiger charge is 2.34. The van der Waals surface area contributed by atoms with E-state index in [2.05, 4.69) is 13.8 Å². The van der Waals surface area contributed by atoms with Crippen molar-refractivity contribution < 1.29 is 19.6 Å². The van der Waals surface area contributed by atoms with Crippen LogP contribution in [0.3, 0.4) is 0 Å². The molecule has 1 aromatic heterocycles. The number of phenolic OH excluding ortho intramolecular Hbond substituents is 1. The van der Waals surface area contributed by atoms with Gasteiger partial charge in [-0.1, -0.05) is 62.8 Å². The number of nitrogens with zero attached hydrogens (tertiary/aromatic N) is 3. The van der Waals surface area contributed by atoms with E-state index in [9.17, 15) is 24.8 Å². The molecule has 1 aliphatic rings. The van der Waals surface area contributed by atoms with Crippen LogP contribution >= 0.6 is 33.9 Å². The zero-order valence-electron chi connectivity index (χ0n) is 21.9. The normalized spacial score (nSPS) is 15.3. The fourth-order valence-corrected chi connectivity index (χ4v) is 6.13. The molecule has 1 N–H and O–H groups in total. The quantitative estimate of drug-likeness (QED) is 0.158. The molecule has 0 radical (unpaired) electrons. The minimum atomic E-state index is -0.737. The van der Waals surface area contributed by atoms with Crippen LogP contribution < -0.4 is 14.9 Å². The lowest BCUT2D eigenvalue weighted by molar-refractivity contribution is -0.386. The van der Waals surface area contributed by atoms with Gasteiger partial charge in [0.25, 0.3) is 5.56 Å². The maximum absolute atomic E-state index is 13.9. The average Bonchev–Trinajstić information content (AvgIpc) is 3.19. The van der Waals surface area contributed by atoms with Crippen LogP contribution in [0, 0.1) is 13.7 Å². The Morgan fingerprint density at radius 2 is 1.97 bits per heavy atom. The number of nitro groups is 1. The maximum atomic E-state index is 13.9. The van der Waals surface area contributed by atoms with Crippen LogP contribution in [0.15, 0.2) is 57.5 Å². The smallest absolute Gasteiger partial charge is 0.338 e. The molecule has 11 heteroatoms. The standard InChI is InChI=1S/C28H28IN3O6S/c1-5-7-20-23(27(35)38-6-2)24(18-10-8-17(9-11-18)15(3)4)31-26(34)22(39-28(31)30-20)14-16-12-19(29)25(33)21(13-16)32(36)37/h8-15,24,33H,5-7H2,1-4H3/b22-14-/t24-/m1/s1. The Bertz CT molecular complexity index is 1650. The van der Waals surface area contributed by atoms with Crippen LogP contribution in [0.2, 0.25) is 0 Å². The topological polar surface area (TPSA) is 124 Å². The summed E-state index contributed by atoms with van der Waals surface area (Å²) >= 11 is 2.96. The lowest BCUT2D eigenvalue weighted by Crippen LogP contribution is -2.40. The molecule has 4 rings (SSSR count). The first kappa shape index (κ1) is 28.7. The Morgan fingerprint density at radius 1 is 1.28 bits per heavy atom. The number of aromatic nitrogens is 1. The number of carbonyl (C=O) groups is 1. The van der Waals surface area contributed by atoms with Crippen LogP contribution in [0.5, 0.6) is 5.75 Å². The van der Waals surface area contributed by atoms with Gasteiger partial charge in [-0.15, -0.1) is 0 Å². The summed E-state index contributed by atoms with van der Waals surface area (Å²) in [6.07, 6.45) is 2.82. The molecule has 2 heterocycles. The molecule has 0 aliphatic carbocycles. The molecule has 3 aromatic rings. The van der Waals surface area contributed by atoms with Crippen molar-refractivity contribution in [2.24, 2.45) is 4.99 Å². The van der Waals surface area contributed by atoms with Crippen LogP contribution in [0.1, 0.15) is 69.2 Å². The number of allylic oxidation sites excluding steroid dienone is 1. The average molecular weight is 662 g/mol. The van der Waals surface area contributed by atoms with E-state index in [1.807, 2.05) is 53.8 Å². The number of carbonyl (C=O) groups excluding carboxylic acids is 1. The summed E-state index contributed by atoms with van der Waals surface area (Å²) in [6, 6.07) is 9.90. The second-order valence-corrected chi connectivity index (χ2v) is 11.5. The summed E-state index contributed by atoms with van der Waals surface area (Å²) in [6.45, 7) is 8.10. The number of fused-ring (bicyclic) bond motifs is 1. The van der Waals surface area contributed by atoms with Gasteiger partial charge in [0.15, 0.2) is 4.80 Å². The zero-order chi connectivity index (χ0) is 28.4. The number of nitro benzene ring substituents is 1. The molecule has 0 unspecified atom stereocenters. The Balaban J connectivity index is 1.99. The number of hydrogen-bond acceptors (Lipinski definition) is 8. The van der Waals surface area contributed by atoms with Crippen molar-refractivity contribution in [3.8, 4) is 5.75 Å². The number of phenols is 1. The highest BCUT2D eigenvalue weighted by atomic mass is 127. The van der Waals surface area contributed by atoms with Crippen LogP contribution in [-0.2, 0) is 9.53 Å². The van der Waals surface area contributed by atoms with Gasteiger partial charge in [-0.05, 0) is 70.7 Å². The molecular formula is C28H28IN3O6S. The fraction of sp³-hybridized carbons (Fsp3) is 0.321. The van der Waals surface area contributed by atoms with E-state index in [1.54, 1.807) is 19.1 Å². The van der Waals surface area contributed by atoms with Crippen LogP contribution in [0.4, 0.5) is 5.69 Å². The zero-order valence-corrected chi connectivity index (χ0v) is 24.9. The molecule has 0 bridgehead atoms. The first-order chi connectivity index (χ1) is 18.6. The number of esters is 1. The number of rotatable bonds is 8. The highest BCUT2D eigenvalue weighted by molar-refractivity contribution is 14.1. The lowest BCUT2D eigenvalue weighted by atomic mass is 9.92. The summed E-state index contributed by atoms with van der Waals surface area (Å²) in [5, 5.41) is 21.5. The second kappa shape index (κ2) is 11.8. The van der Waals surface area contributed by atoms with Crippen LogP contribution in [-0.4, -0.2) is 27.2 Å². The van der Waals surface area contributed by atoms with Crippen molar-refractivity contribution in [1.82, 2.24) is 4.57 Å². The van der Waals surface area contributed by atoms with E-state index in [0.29, 0.717) is 42.1 Å². The SMILES string of the molecule is CCCC1=C(C(=O)OCC)[C@@H](c2ccc(C(C)C)cc2)n2c(s/c(=C\c3cc(I)c(O)c([N+](=O)[O-])c3)c2=O)=N1. The van der Waals surface area contributed by atoms with Crippen molar-refractivity contribution in [3.63, 3.8) is 0 Å². The first-order valence-electron chi connectivity index (χ1n) is 12.6. The first-order valence-corrected chi connectivity index (χ1v) is 14.5. The van der Waals surface area contributed by atoms with Crippen molar-refractivity contribution in [2.75, 3.05) is 6.61 Å². The minimum Gasteiger partial charge on any atom is -0.501 e. The van der Waals surface area contributed by atoms with Crippen molar-refractivity contribution in [3.05, 3.63) is 97.7 Å². The molecule has 204 valence electrons. The summed E-state index contributed by atoms with van der Waals surface area (Å²) < 4.78 is 7.52. The molecule has 1 atom stereocenters. The molecule has 0 fully saturated rings. The van der Waals surface area contributed by atoms with Crippen molar-refractivity contribution in [2.45, 2.75) is 52.5 Å². The van der Waals surface area contributed by atoms with Crippen molar-refractivity contribution >= 4 is 51.7 Å². The van der Waals surface area contributed by atoms with E-state index in [1.165, 1.54) is 10.6 Å². The number of benzene rings is 2. The predicted octanol–water partition coefficient (Wildman–Crippen LogP) is 4.92. The van der Waals surface area contributed by atoms with Gasteiger partial charge in [-0.25, -0.2) is 9.79 Å². The molecule has 0 saturated carbocycles. The lowest BCUT2D eigenvalue weighted by Gasteiger charge is -2.26. The summed E-state index contributed by atoms with van der Waals surface area (Å²) in [5.41, 5.74) is 2.38. The Labute approximate surface area is 242 Å². The fourth-order valence-electron chi connectivity index (χ4n) is 4.48. The van der Waals surface area contributed by atoms with Gasteiger partial charge in [0.05, 0.1) is 36.9 Å². The minimum absolute atomic E-state index is 0.184. The molecule has 0 spiro atoms. The summed E-state index contributed by atoms with van der Waals surface area (Å²) in [7, 11) is 0. The van der Waals surface area contributed by atoms with Gasteiger partial charge < -0.3 is 9.84 Å². The summed E-state index contributed by atoms with van der Waals surface area (Å²) in [5.74, 6) is -0.623. The Morgan fingerprint density at radius 3 is 2.56 bits per heavy atom. The number of thiazole rings is 1. The van der Waals surface area contributed by atoms with Gasteiger partial charge in [-0.2, -0.15) is 0 Å². The van der Waals surface area contributed by atoms with Crippen LogP contribution in [0.25, 0.3) is 6.08 Å². The maximum Gasteiger partial charge on any atom is 0.338 e. The Kier molecular flexibility index (Phi) is 8.70. The third kappa shape index (κ3) is 5.69. The molecule has 0 amide bonds. The van der Waals surface area contributed by atoms with Gasteiger partial charge in [0, 0.05) is 6.07 Å². The molecule has 0 saturated heterocycles. The number of ether oxygens (including phenoxy) is 1. The second-order valence-electron chi connectivity index (χ2n) is 9.36. The van der Waals surface area contributed by atoms with E-state index < -0.39 is 28.4 Å². The number of hydrogen-bond donors (Lipinski definition) is 1. The number of aromatic hydroxyl groups is 1. The monoisotopic (exact) mass is 661 g/mol.